The van der Waals surface area contributed by atoms with Crippen LogP contribution in [-0.4, -0.2) is 60.2 Å². The summed E-state index contributed by atoms with van der Waals surface area (Å²) < 4.78 is 11.1. The van der Waals surface area contributed by atoms with Gasteiger partial charge < -0.3 is 25.4 Å². The first-order chi connectivity index (χ1) is 25.2. The maximum Gasteiger partial charge on any atom is 0.328 e. The van der Waals surface area contributed by atoms with E-state index in [1.807, 2.05) is 29.6 Å². The molecular formula is C38H40ClN7O4S2. The van der Waals surface area contributed by atoms with Crippen molar-refractivity contribution in [2.45, 2.75) is 68.8 Å². The average molecular weight is 758 g/mol. The van der Waals surface area contributed by atoms with Gasteiger partial charge in [0.2, 0.25) is 11.6 Å². The molecule has 0 spiro atoms. The fourth-order valence-corrected chi connectivity index (χ4v) is 7.33. The lowest BCUT2D eigenvalue weighted by Gasteiger charge is -2.34. The van der Waals surface area contributed by atoms with Crippen molar-refractivity contribution in [3.8, 4) is 33.5 Å². The van der Waals surface area contributed by atoms with Crippen LogP contribution in [0.1, 0.15) is 57.2 Å². The summed E-state index contributed by atoms with van der Waals surface area (Å²) in [6.45, 7) is 13.4. The molecule has 2 aromatic heterocycles. The zero-order chi connectivity index (χ0) is 37.0. The second kappa shape index (κ2) is 18.7. The van der Waals surface area contributed by atoms with Gasteiger partial charge in [-0.3, -0.25) is 4.79 Å². The van der Waals surface area contributed by atoms with E-state index in [4.69, 9.17) is 43.3 Å². The van der Waals surface area contributed by atoms with Crippen molar-refractivity contribution in [1.82, 2.24) is 15.3 Å². The number of carbonyl (C=O) groups is 2. The number of pyridine rings is 1. The summed E-state index contributed by atoms with van der Waals surface area (Å²) in [5, 5.41) is 17.1. The second-order valence-corrected chi connectivity index (χ2v) is 14.5. The first-order valence-electron chi connectivity index (χ1n) is 17.1. The Balaban J connectivity index is 1.24. The summed E-state index contributed by atoms with van der Waals surface area (Å²) in [6, 6.07) is 15.5. The number of hydrogen-bond acceptors (Lipinski definition) is 11. The summed E-state index contributed by atoms with van der Waals surface area (Å²) in [7, 11) is 0. The van der Waals surface area contributed by atoms with Gasteiger partial charge in [0.15, 0.2) is 0 Å². The zero-order valence-electron chi connectivity index (χ0n) is 29.1. The van der Waals surface area contributed by atoms with Crippen LogP contribution in [0.15, 0.2) is 58.9 Å². The fourth-order valence-electron chi connectivity index (χ4n) is 5.40. The molecule has 1 fully saturated rings. The number of aromatic nitrogens is 2. The van der Waals surface area contributed by atoms with E-state index < -0.39 is 18.1 Å². The summed E-state index contributed by atoms with van der Waals surface area (Å²) in [6.07, 6.45) is 4.45. The lowest BCUT2D eigenvalue weighted by atomic mass is 9.99. The van der Waals surface area contributed by atoms with Crippen molar-refractivity contribution >= 4 is 58.1 Å². The molecule has 270 valence electrons. The number of unbranched alkanes of at least 4 members (excludes halogenated alkanes) is 2. The van der Waals surface area contributed by atoms with Crippen molar-refractivity contribution < 1.29 is 19.1 Å². The summed E-state index contributed by atoms with van der Waals surface area (Å²) >= 11 is 9.02. The first kappa shape index (κ1) is 38.6. The minimum absolute atomic E-state index is 0.0197. The highest BCUT2D eigenvalue weighted by atomic mass is 35.5. The predicted octanol–water partition coefficient (Wildman–Crippen LogP) is 7.78. The SMILES string of the molecule is [C-]#[N+]c1c(N2CCC2)nc(SCc2csc(-c3ccc(Cl)cc3)n2)c(C#N)c1-c1ccc(OCCOC(=O)[C@H](C)NC(=O)[C@@H](N)CCCCC)cc1. The lowest BCUT2D eigenvalue weighted by Crippen LogP contribution is -2.47. The van der Waals surface area contributed by atoms with Crippen molar-refractivity contribution in [3.05, 3.63) is 81.6 Å². The van der Waals surface area contributed by atoms with E-state index in [-0.39, 0.29) is 19.1 Å². The van der Waals surface area contributed by atoms with Gasteiger partial charge in [0.05, 0.1) is 23.9 Å². The molecule has 0 unspecified atom stereocenters. The minimum atomic E-state index is -0.840. The Hall–Kier alpha value is -4.66. The molecule has 3 N–H and O–H groups in total. The number of thiazole rings is 1. The van der Waals surface area contributed by atoms with Gasteiger partial charge >= 0.3 is 5.97 Å². The molecule has 14 heteroatoms. The predicted molar refractivity (Wildman–Crippen MR) is 206 cm³/mol. The Morgan fingerprint density at radius 3 is 2.52 bits per heavy atom. The third-order valence-corrected chi connectivity index (χ3v) is 10.6. The number of nitrogens with two attached hydrogens (primary N) is 1. The Labute approximate surface area is 317 Å². The zero-order valence-corrected chi connectivity index (χ0v) is 31.5. The van der Waals surface area contributed by atoms with Gasteiger partial charge in [-0.25, -0.2) is 19.6 Å². The Kier molecular flexibility index (Phi) is 13.9. The van der Waals surface area contributed by atoms with Crippen LogP contribution in [0, 0.1) is 17.9 Å². The van der Waals surface area contributed by atoms with Crippen LogP contribution < -0.4 is 20.7 Å². The molecule has 1 aliphatic rings. The maximum atomic E-state index is 12.4. The smallest absolute Gasteiger partial charge is 0.328 e. The Bertz CT molecular complexity index is 1940. The van der Waals surface area contributed by atoms with Crippen LogP contribution in [0.5, 0.6) is 5.75 Å². The van der Waals surface area contributed by atoms with Gasteiger partial charge in [0.1, 0.15) is 46.9 Å². The minimum Gasteiger partial charge on any atom is -0.490 e. The molecule has 1 amide bonds. The number of hydrogen-bond donors (Lipinski definition) is 2. The molecule has 0 radical (unpaired) electrons. The molecule has 2 aromatic carbocycles. The molecule has 11 nitrogen and oxygen atoms in total. The van der Waals surface area contributed by atoms with Crippen molar-refractivity contribution in [2.75, 3.05) is 31.2 Å². The van der Waals surface area contributed by atoms with Gasteiger partial charge in [0, 0.05) is 40.4 Å². The standard InChI is InChI=1S/C38H40ClN7O4S2/c1-4-5-6-8-31(41)35(47)43-24(2)38(48)50-20-19-49-29-15-11-25(12-16-29)32-30(21-40)37(45-34(33(32)42-3)46-17-7-18-46)52-23-28-22-51-36(44-28)26-9-13-27(39)14-10-26/h9-16,22,24,31H,4-8,17-20,23,41H2,1-2H3,(H,43,47)/t24-,31-/m0/s1. The number of thioether (sulfide) groups is 1. The molecule has 0 saturated carbocycles. The fraction of sp³-hybridized carbons (Fsp3) is 0.368. The molecule has 5 rings (SSSR count). The summed E-state index contributed by atoms with van der Waals surface area (Å²) in [5.74, 6) is 0.637. The number of nitriles is 1. The van der Waals surface area contributed by atoms with Gasteiger partial charge in [-0.05, 0) is 49.6 Å². The van der Waals surface area contributed by atoms with E-state index in [9.17, 15) is 14.9 Å². The molecular weight excluding hydrogens is 718 g/mol. The van der Waals surface area contributed by atoms with E-state index in [1.54, 1.807) is 42.5 Å². The van der Waals surface area contributed by atoms with Crippen molar-refractivity contribution in [1.29, 1.82) is 5.26 Å². The topological polar surface area (TPSA) is 148 Å². The van der Waals surface area contributed by atoms with Crippen molar-refractivity contribution in [3.63, 3.8) is 0 Å². The highest BCUT2D eigenvalue weighted by Crippen LogP contribution is 2.45. The number of anilines is 1. The normalized spacial score (nSPS) is 13.3. The van der Waals surface area contributed by atoms with Gasteiger partial charge in [-0.1, -0.05) is 73.8 Å². The van der Waals surface area contributed by atoms with E-state index in [2.05, 4.69) is 28.1 Å². The van der Waals surface area contributed by atoms with Crippen LogP contribution in [-0.2, 0) is 20.1 Å². The van der Waals surface area contributed by atoms with Gasteiger partial charge in [0.25, 0.3) is 0 Å². The monoisotopic (exact) mass is 757 g/mol. The number of halogens is 1. The number of nitrogens with zero attached hydrogens (tertiary/aromatic N) is 5. The molecule has 1 saturated heterocycles. The van der Waals surface area contributed by atoms with Crippen LogP contribution >= 0.6 is 34.7 Å². The van der Waals surface area contributed by atoms with Gasteiger partial charge in [-0.2, -0.15) is 5.26 Å². The number of amides is 1. The quantitative estimate of drug-likeness (QED) is 0.0474. The second-order valence-electron chi connectivity index (χ2n) is 12.2. The van der Waals surface area contributed by atoms with Crippen LogP contribution in [0.25, 0.3) is 26.5 Å². The number of rotatable bonds is 17. The third-order valence-electron chi connectivity index (χ3n) is 8.41. The summed E-state index contributed by atoms with van der Waals surface area (Å²) in [5.41, 5.74) is 9.66. The highest BCUT2D eigenvalue weighted by molar-refractivity contribution is 7.98. The van der Waals surface area contributed by atoms with Crippen LogP contribution in [0.3, 0.4) is 0 Å². The van der Waals surface area contributed by atoms with E-state index in [0.717, 1.165) is 55.0 Å². The van der Waals surface area contributed by atoms with Gasteiger partial charge in [-0.15, -0.1) is 11.3 Å². The molecule has 2 atom stereocenters. The van der Waals surface area contributed by atoms with E-state index in [0.29, 0.717) is 56.2 Å². The maximum absolute atomic E-state index is 12.4. The molecule has 1 aliphatic heterocycles. The highest BCUT2D eigenvalue weighted by Gasteiger charge is 2.28. The number of nitrogens with one attached hydrogen (secondary N) is 1. The van der Waals surface area contributed by atoms with Crippen LogP contribution in [0.2, 0.25) is 5.02 Å². The van der Waals surface area contributed by atoms with E-state index in [1.165, 1.54) is 11.8 Å². The number of carbonyl (C=O) groups excluding carboxylic acids is 2. The number of benzene rings is 2. The molecule has 0 aliphatic carbocycles. The molecule has 0 bridgehead atoms. The summed E-state index contributed by atoms with van der Waals surface area (Å²) in [4.78, 5) is 40.3. The molecule has 52 heavy (non-hydrogen) atoms. The van der Waals surface area contributed by atoms with E-state index >= 15 is 0 Å². The van der Waals surface area contributed by atoms with Crippen LogP contribution in [0.4, 0.5) is 11.5 Å². The number of esters is 1. The Morgan fingerprint density at radius 2 is 1.87 bits per heavy atom. The van der Waals surface area contributed by atoms with Crippen molar-refractivity contribution in [2.24, 2.45) is 5.73 Å². The Morgan fingerprint density at radius 1 is 1.13 bits per heavy atom. The largest absolute Gasteiger partial charge is 0.490 e. The first-order valence-corrected chi connectivity index (χ1v) is 19.4. The average Bonchev–Trinajstić information content (AvgIpc) is 3.61. The third kappa shape index (κ3) is 9.81. The lowest BCUT2D eigenvalue weighted by molar-refractivity contribution is -0.148. The molecule has 3 heterocycles. The number of ether oxygens (including phenoxy) is 2. The molecule has 4 aromatic rings.